The molecule has 1 aliphatic rings. The van der Waals surface area contributed by atoms with Crippen LogP contribution in [0.5, 0.6) is 0 Å². The molecule has 3 rings (SSSR count). The number of aromatic nitrogens is 4. The predicted molar refractivity (Wildman–Crippen MR) is 85.9 cm³/mol. The number of likely N-dealkylation sites (tertiary alicyclic amines) is 1. The molecule has 1 saturated heterocycles. The number of aliphatic hydroxyl groups is 1. The predicted octanol–water partition coefficient (Wildman–Crippen LogP) is 0.964. The summed E-state index contributed by atoms with van der Waals surface area (Å²) in [5.41, 5.74) is 0.853. The maximum absolute atomic E-state index is 9.40. The van der Waals surface area contributed by atoms with Gasteiger partial charge in [-0.1, -0.05) is 13.8 Å². The van der Waals surface area contributed by atoms with Gasteiger partial charge in [0.1, 0.15) is 11.6 Å². The summed E-state index contributed by atoms with van der Waals surface area (Å²) in [4.78, 5) is 11.5. The Hall–Kier alpha value is -1.73. The summed E-state index contributed by atoms with van der Waals surface area (Å²) in [6, 6.07) is 0.494. The molecule has 0 spiro atoms. The average molecular weight is 304 g/mol. The highest BCUT2D eigenvalue weighted by Crippen LogP contribution is 2.25. The molecule has 0 bridgehead atoms. The quantitative estimate of drug-likeness (QED) is 0.876. The van der Waals surface area contributed by atoms with E-state index in [1.165, 1.54) is 0 Å². The van der Waals surface area contributed by atoms with Gasteiger partial charge in [0.2, 0.25) is 0 Å². The van der Waals surface area contributed by atoms with Crippen molar-refractivity contribution in [2.24, 2.45) is 7.05 Å². The van der Waals surface area contributed by atoms with Gasteiger partial charge in [0.15, 0.2) is 5.65 Å². The Morgan fingerprint density at radius 1 is 1.36 bits per heavy atom. The van der Waals surface area contributed by atoms with E-state index in [2.05, 4.69) is 34.1 Å². The van der Waals surface area contributed by atoms with Crippen molar-refractivity contribution < 1.29 is 5.11 Å². The van der Waals surface area contributed by atoms with Crippen molar-refractivity contribution in [2.45, 2.75) is 38.3 Å². The maximum Gasteiger partial charge on any atom is 0.163 e. The molecule has 120 valence electrons. The van der Waals surface area contributed by atoms with E-state index in [0.717, 1.165) is 35.6 Å². The molecule has 1 fully saturated rings. The largest absolute Gasteiger partial charge is 0.395 e. The number of aryl methyl sites for hydroxylation is 1. The van der Waals surface area contributed by atoms with Gasteiger partial charge in [-0.2, -0.15) is 5.10 Å². The van der Waals surface area contributed by atoms with Crippen LogP contribution in [0.15, 0.2) is 6.20 Å². The van der Waals surface area contributed by atoms with E-state index in [1.807, 2.05) is 20.3 Å². The molecule has 2 N–H and O–H groups in total. The van der Waals surface area contributed by atoms with E-state index < -0.39 is 0 Å². The summed E-state index contributed by atoms with van der Waals surface area (Å²) in [6.07, 6.45) is 2.72. The van der Waals surface area contributed by atoms with Gasteiger partial charge in [-0.25, -0.2) is 9.97 Å². The van der Waals surface area contributed by atoms with Crippen molar-refractivity contribution in [3.8, 4) is 0 Å². The van der Waals surface area contributed by atoms with Crippen LogP contribution >= 0.6 is 0 Å². The molecule has 0 unspecified atom stereocenters. The zero-order valence-electron chi connectivity index (χ0n) is 13.6. The third-order valence-corrected chi connectivity index (χ3v) is 4.37. The zero-order chi connectivity index (χ0) is 15.9. The normalized spacial score (nSPS) is 22.8. The molecule has 0 saturated carbocycles. The first-order valence-electron chi connectivity index (χ1n) is 7.77. The van der Waals surface area contributed by atoms with Crippen LogP contribution in [0.4, 0.5) is 5.82 Å². The molecule has 7 heteroatoms. The molecule has 0 aliphatic carbocycles. The minimum Gasteiger partial charge on any atom is -0.395 e. The number of aliphatic hydroxyl groups excluding tert-OH is 1. The highest BCUT2D eigenvalue weighted by molar-refractivity contribution is 5.86. The number of nitrogens with zero attached hydrogens (tertiary/aromatic N) is 5. The molecule has 0 radical (unpaired) electrons. The summed E-state index contributed by atoms with van der Waals surface area (Å²) < 4.78 is 1.78. The minimum atomic E-state index is 0.192. The zero-order valence-corrected chi connectivity index (χ0v) is 13.6. The monoisotopic (exact) mass is 304 g/mol. The Morgan fingerprint density at radius 3 is 2.77 bits per heavy atom. The van der Waals surface area contributed by atoms with Crippen molar-refractivity contribution >= 4 is 16.9 Å². The van der Waals surface area contributed by atoms with Crippen molar-refractivity contribution in [3.63, 3.8) is 0 Å². The smallest absolute Gasteiger partial charge is 0.163 e. The third-order valence-electron chi connectivity index (χ3n) is 4.37. The van der Waals surface area contributed by atoms with Gasteiger partial charge in [0.25, 0.3) is 0 Å². The van der Waals surface area contributed by atoms with Crippen LogP contribution in [0.25, 0.3) is 11.0 Å². The highest BCUT2D eigenvalue weighted by atomic mass is 16.3. The van der Waals surface area contributed by atoms with Gasteiger partial charge in [-0.3, -0.25) is 9.58 Å². The van der Waals surface area contributed by atoms with Gasteiger partial charge < -0.3 is 10.4 Å². The Labute approximate surface area is 130 Å². The first-order chi connectivity index (χ1) is 10.5. The molecule has 0 aromatic carbocycles. The van der Waals surface area contributed by atoms with Crippen molar-refractivity contribution in [1.82, 2.24) is 24.6 Å². The lowest BCUT2D eigenvalue weighted by molar-refractivity contribution is 0.182. The molecule has 22 heavy (non-hydrogen) atoms. The summed E-state index contributed by atoms with van der Waals surface area (Å²) in [6.45, 7) is 5.27. The van der Waals surface area contributed by atoms with Crippen LogP contribution in [0.1, 0.15) is 32.0 Å². The molecule has 1 aliphatic heterocycles. The third kappa shape index (κ3) is 2.66. The van der Waals surface area contributed by atoms with Gasteiger partial charge >= 0.3 is 0 Å². The molecule has 0 amide bonds. The molecule has 2 aromatic heterocycles. The second-order valence-corrected chi connectivity index (χ2v) is 6.44. The van der Waals surface area contributed by atoms with E-state index in [9.17, 15) is 5.11 Å². The lowest BCUT2D eigenvalue weighted by Gasteiger charge is -2.16. The fourth-order valence-corrected chi connectivity index (χ4v) is 3.00. The van der Waals surface area contributed by atoms with Crippen LogP contribution in [0, 0.1) is 0 Å². The molecule has 2 aromatic rings. The number of fused-ring (bicyclic) bond motifs is 1. The second kappa shape index (κ2) is 5.81. The summed E-state index contributed by atoms with van der Waals surface area (Å²) in [5.74, 6) is 1.93. The number of nitrogens with one attached hydrogen (secondary N) is 1. The number of anilines is 1. The average Bonchev–Trinajstić information content (AvgIpc) is 3.02. The second-order valence-electron chi connectivity index (χ2n) is 6.44. The van der Waals surface area contributed by atoms with Crippen molar-refractivity contribution in [2.75, 3.05) is 25.5 Å². The standard InChI is InChI=1S/C15H24N6O/c1-9(2)13-18-14(12-6-16-21(4)15(12)19-13)17-10-5-11(8-22)20(3)7-10/h6,9-11,22H,5,7-8H2,1-4H3,(H,17,18,19)/t10-,11+/m1/s1. The van der Waals surface area contributed by atoms with E-state index in [0.29, 0.717) is 0 Å². The minimum absolute atomic E-state index is 0.192. The molecular weight excluding hydrogens is 280 g/mol. The fraction of sp³-hybridized carbons (Fsp3) is 0.667. The Balaban J connectivity index is 1.93. The summed E-state index contributed by atoms with van der Waals surface area (Å²) in [5, 5.41) is 18.2. The van der Waals surface area contributed by atoms with E-state index in [4.69, 9.17) is 4.98 Å². The van der Waals surface area contributed by atoms with E-state index in [-0.39, 0.29) is 24.6 Å². The number of hydrogen-bond donors (Lipinski definition) is 2. The SMILES string of the molecule is CC(C)c1nc(N[C@@H]2C[C@@H](CO)N(C)C2)c2cnn(C)c2n1. The lowest BCUT2D eigenvalue weighted by atomic mass is 10.1. The van der Waals surface area contributed by atoms with Crippen LogP contribution in [-0.4, -0.2) is 62.0 Å². The molecule has 7 nitrogen and oxygen atoms in total. The van der Waals surface area contributed by atoms with E-state index in [1.54, 1.807) is 4.68 Å². The number of hydrogen-bond acceptors (Lipinski definition) is 6. The van der Waals surface area contributed by atoms with Crippen LogP contribution in [-0.2, 0) is 7.05 Å². The van der Waals surface area contributed by atoms with Crippen LogP contribution in [0.3, 0.4) is 0 Å². The fourth-order valence-electron chi connectivity index (χ4n) is 3.00. The number of likely N-dealkylation sites (N-methyl/N-ethyl adjacent to an activating group) is 1. The maximum atomic E-state index is 9.40. The first kappa shape index (κ1) is 15.2. The molecular formula is C15H24N6O. The Kier molecular flexibility index (Phi) is 4.01. The summed E-state index contributed by atoms with van der Waals surface area (Å²) >= 11 is 0. The van der Waals surface area contributed by atoms with E-state index >= 15 is 0 Å². The molecule has 2 atom stereocenters. The molecule has 3 heterocycles. The Bertz CT molecular complexity index is 667. The topological polar surface area (TPSA) is 79.1 Å². The van der Waals surface area contributed by atoms with Crippen LogP contribution in [0.2, 0.25) is 0 Å². The van der Waals surface area contributed by atoms with Crippen molar-refractivity contribution in [3.05, 3.63) is 12.0 Å². The number of rotatable bonds is 4. The summed E-state index contributed by atoms with van der Waals surface area (Å²) in [7, 11) is 3.94. The highest BCUT2D eigenvalue weighted by Gasteiger charge is 2.29. The van der Waals surface area contributed by atoms with Crippen LogP contribution < -0.4 is 5.32 Å². The van der Waals surface area contributed by atoms with Gasteiger partial charge in [0.05, 0.1) is 18.2 Å². The van der Waals surface area contributed by atoms with Gasteiger partial charge in [-0.05, 0) is 13.5 Å². The first-order valence-corrected chi connectivity index (χ1v) is 7.77. The van der Waals surface area contributed by atoms with Crippen molar-refractivity contribution in [1.29, 1.82) is 0 Å². The van der Waals surface area contributed by atoms with Gasteiger partial charge in [0, 0.05) is 31.6 Å². The lowest BCUT2D eigenvalue weighted by Crippen LogP contribution is -2.28. The van der Waals surface area contributed by atoms with Gasteiger partial charge in [-0.15, -0.1) is 0 Å². The Morgan fingerprint density at radius 2 is 2.14 bits per heavy atom.